The number of hydrogen-bond acceptors (Lipinski definition) is 3. The Morgan fingerprint density at radius 1 is 1.33 bits per heavy atom. The van der Waals surface area contributed by atoms with Crippen molar-refractivity contribution in [3.8, 4) is 5.75 Å². The monoisotopic (exact) mass is 368 g/mol. The molecule has 0 bridgehead atoms. The van der Waals surface area contributed by atoms with Crippen LogP contribution >= 0.6 is 27.5 Å². The predicted molar refractivity (Wildman–Crippen MR) is 87.7 cm³/mol. The number of carbonyl (C=O) groups is 1. The normalized spacial score (nSPS) is 10.2. The highest BCUT2D eigenvalue weighted by molar-refractivity contribution is 9.10. The zero-order valence-corrected chi connectivity index (χ0v) is 13.7. The highest BCUT2D eigenvalue weighted by atomic mass is 79.9. The summed E-state index contributed by atoms with van der Waals surface area (Å²) in [6.45, 7) is 0.356. The number of nitrogens with one attached hydrogen (secondary N) is 1. The molecule has 1 amide bonds. The summed E-state index contributed by atoms with van der Waals surface area (Å²) in [5.41, 5.74) is 7.55. The van der Waals surface area contributed by atoms with Crippen molar-refractivity contribution in [1.29, 1.82) is 0 Å². The summed E-state index contributed by atoms with van der Waals surface area (Å²) in [5, 5.41) is 3.31. The summed E-state index contributed by atoms with van der Waals surface area (Å²) < 4.78 is 5.88. The third-order valence-corrected chi connectivity index (χ3v) is 3.72. The number of amides is 1. The molecule has 0 aliphatic carbocycles. The van der Waals surface area contributed by atoms with E-state index in [1.54, 1.807) is 37.4 Å². The molecule has 0 fully saturated rings. The van der Waals surface area contributed by atoms with E-state index in [-0.39, 0.29) is 5.91 Å². The lowest BCUT2D eigenvalue weighted by Gasteiger charge is -2.09. The van der Waals surface area contributed by atoms with Crippen molar-refractivity contribution in [3.63, 3.8) is 0 Å². The minimum Gasteiger partial charge on any atom is -0.495 e. The molecule has 21 heavy (non-hydrogen) atoms. The van der Waals surface area contributed by atoms with E-state index in [1.807, 2.05) is 6.07 Å². The molecule has 4 nitrogen and oxygen atoms in total. The van der Waals surface area contributed by atoms with Gasteiger partial charge in [0.1, 0.15) is 5.75 Å². The van der Waals surface area contributed by atoms with Gasteiger partial charge in [-0.25, -0.2) is 0 Å². The first-order valence-electron chi connectivity index (χ1n) is 6.17. The molecule has 0 saturated heterocycles. The van der Waals surface area contributed by atoms with Gasteiger partial charge >= 0.3 is 0 Å². The van der Waals surface area contributed by atoms with Gasteiger partial charge in [-0.1, -0.05) is 33.6 Å². The molecule has 0 aliphatic heterocycles. The van der Waals surface area contributed by atoms with Gasteiger partial charge in [0.05, 0.1) is 17.7 Å². The number of hydrogen-bond donors (Lipinski definition) is 2. The highest BCUT2D eigenvalue weighted by Gasteiger charge is 2.10. The lowest BCUT2D eigenvalue weighted by molar-refractivity contribution is 0.0951. The fourth-order valence-electron chi connectivity index (χ4n) is 1.82. The zero-order valence-electron chi connectivity index (χ0n) is 11.3. The highest BCUT2D eigenvalue weighted by Crippen LogP contribution is 2.25. The van der Waals surface area contributed by atoms with E-state index < -0.39 is 0 Å². The van der Waals surface area contributed by atoms with Crippen molar-refractivity contribution >= 4 is 39.1 Å². The fourth-order valence-corrected chi connectivity index (χ4v) is 2.46. The molecule has 0 heterocycles. The van der Waals surface area contributed by atoms with Gasteiger partial charge in [-0.3, -0.25) is 4.79 Å². The first-order valence-corrected chi connectivity index (χ1v) is 7.34. The smallest absolute Gasteiger partial charge is 0.253 e. The standard InChI is InChI=1S/C15H14BrClN2O2/c1-21-14-5-2-9(6-12(14)17)8-19-15(20)11-7-10(16)3-4-13(11)18/h2-7H,8,18H2,1H3,(H,19,20). The average Bonchev–Trinajstić information content (AvgIpc) is 2.47. The van der Waals surface area contributed by atoms with Crippen LogP contribution in [0, 0.1) is 0 Å². The predicted octanol–water partition coefficient (Wildman–Crippen LogP) is 3.62. The maximum Gasteiger partial charge on any atom is 0.253 e. The summed E-state index contributed by atoms with van der Waals surface area (Å²) in [6.07, 6.45) is 0. The van der Waals surface area contributed by atoms with Gasteiger partial charge in [-0.15, -0.1) is 0 Å². The molecule has 2 aromatic carbocycles. The third-order valence-electron chi connectivity index (χ3n) is 2.93. The van der Waals surface area contributed by atoms with Crippen LogP contribution in [0.4, 0.5) is 5.69 Å². The van der Waals surface area contributed by atoms with E-state index >= 15 is 0 Å². The molecule has 2 rings (SSSR count). The molecule has 0 spiro atoms. The van der Waals surface area contributed by atoms with Gasteiger partial charge < -0.3 is 15.8 Å². The Morgan fingerprint density at radius 3 is 2.76 bits per heavy atom. The van der Waals surface area contributed by atoms with E-state index in [0.29, 0.717) is 28.6 Å². The van der Waals surface area contributed by atoms with Gasteiger partial charge in [-0.2, -0.15) is 0 Å². The second-order valence-electron chi connectivity index (χ2n) is 4.38. The molecule has 0 atom stereocenters. The van der Waals surface area contributed by atoms with Crippen molar-refractivity contribution in [2.75, 3.05) is 12.8 Å². The second kappa shape index (κ2) is 6.83. The summed E-state index contributed by atoms with van der Waals surface area (Å²) in [5.74, 6) is 0.365. The van der Waals surface area contributed by atoms with Crippen LogP contribution in [0.3, 0.4) is 0 Å². The van der Waals surface area contributed by atoms with Crippen LogP contribution in [-0.2, 0) is 6.54 Å². The molecule has 2 aromatic rings. The SMILES string of the molecule is COc1ccc(CNC(=O)c2cc(Br)ccc2N)cc1Cl. The van der Waals surface area contributed by atoms with Crippen LogP contribution in [-0.4, -0.2) is 13.0 Å². The van der Waals surface area contributed by atoms with Crippen molar-refractivity contribution in [3.05, 3.63) is 57.0 Å². The van der Waals surface area contributed by atoms with E-state index in [1.165, 1.54) is 0 Å². The zero-order chi connectivity index (χ0) is 15.4. The number of nitrogens with two attached hydrogens (primary N) is 1. The van der Waals surface area contributed by atoms with E-state index in [2.05, 4.69) is 21.2 Å². The molecular formula is C15H14BrClN2O2. The number of carbonyl (C=O) groups excluding carboxylic acids is 1. The number of benzene rings is 2. The summed E-state index contributed by atoms with van der Waals surface area (Å²) >= 11 is 9.36. The number of ether oxygens (including phenoxy) is 1. The molecule has 0 aromatic heterocycles. The Labute approximate surface area is 136 Å². The number of methoxy groups -OCH3 is 1. The molecule has 3 N–H and O–H groups in total. The topological polar surface area (TPSA) is 64.3 Å². The van der Waals surface area contributed by atoms with E-state index in [9.17, 15) is 4.79 Å². The van der Waals surface area contributed by atoms with Crippen molar-refractivity contribution in [1.82, 2.24) is 5.32 Å². The van der Waals surface area contributed by atoms with Crippen molar-refractivity contribution < 1.29 is 9.53 Å². The number of rotatable bonds is 4. The minimum atomic E-state index is -0.235. The van der Waals surface area contributed by atoms with Crippen LogP contribution < -0.4 is 15.8 Å². The molecule has 6 heteroatoms. The summed E-state index contributed by atoms with van der Waals surface area (Å²) in [7, 11) is 1.55. The lowest BCUT2D eigenvalue weighted by atomic mass is 10.1. The maximum absolute atomic E-state index is 12.1. The Bertz CT molecular complexity index is 677. The van der Waals surface area contributed by atoms with Gasteiger partial charge in [-0.05, 0) is 35.9 Å². The molecule has 110 valence electrons. The molecule has 0 aliphatic rings. The first-order chi connectivity index (χ1) is 10.0. The van der Waals surface area contributed by atoms with E-state index in [4.69, 9.17) is 22.1 Å². The number of halogens is 2. The quantitative estimate of drug-likeness (QED) is 0.809. The van der Waals surface area contributed by atoms with Crippen LogP contribution in [0.25, 0.3) is 0 Å². The van der Waals surface area contributed by atoms with Gasteiger partial charge in [0.2, 0.25) is 0 Å². The summed E-state index contributed by atoms with van der Waals surface area (Å²) in [4.78, 5) is 12.1. The van der Waals surface area contributed by atoms with Crippen LogP contribution in [0.1, 0.15) is 15.9 Å². The molecule has 0 unspecified atom stereocenters. The van der Waals surface area contributed by atoms with Gasteiger partial charge in [0.15, 0.2) is 0 Å². The van der Waals surface area contributed by atoms with Crippen LogP contribution in [0.15, 0.2) is 40.9 Å². The summed E-state index contributed by atoms with van der Waals surface area (Å²) in [6, 6.07) is 10.5. The molecule has 0 saturated carbocycles. The Morgan fingerprint density at radius 2 is 2.10 bits per heavy atom. The van der Waals surface area contributed by atoms with E-state index in [0.717, 1.165) is 10.0 Å². The van der Waals surface area contributed by atoms with Crippen LogP contribution in [0.5, 0.6) is 5.75 Å². The number of anilines is 1. The van der Waals surface area contributed by atoms with Crippen LogP contribution in [0.2, 0.25) is 5.02 Å². The van der Waals surface area contributed by atoms with Gasteiger partial charge in [0, 0.05) is 16.7 Å². The fraction of sp³-hybridized carbons (Fsp3) is 0.133. The van der Waals surface area contributed by atoms with Gasteiger partial charge in [0.25, 0.3) is 5.91 Å². The largest absolute Gasteiger partial charge is 0.495 e. The first kappa shape index (κ1) is 15.7. The van der Waals surface area contributed by atoms with Crippen molar-refractivity contribution in [2.45, 2.75) is 6.54 Å². The minimum absolute atomic E-state index is 0.235. The lowest BCUT2D eigenvalue weighted by Crippen LogP contribution is -2.23. The van der Waals surface area contributed by atoms with Crippen molar-refractivity contribution in [2.24, 2.45) is 0 Å². The Hall–Kier alpha value is -1.72. The Kier molecular flexibility index (Phi) is 5.09. The molecule has 0 radical (unpaired) electrons. The maximum atomic E-state index is 12.1. The third kappa shape index (κ3) is 3.89. The second-order valence-corrected chi connectivity index (χ2v) is 5.71. The average molecular weight is 370 g/mol. The molecular weight excluding hydrogens is 356 g/mol. The Balaban J connectivity index is 2.07. The number of nitrogen functional groups attached to an aromatic ring is 1.